The largest absolute Gasteiger partial charge is 0.402 e. The van der Waals surface area contributed by atoms with Gasteiger partial charge in [-0.25, -0.2) is 0 Å². The Labute approximate surface area is 50.6 Å². The molecule has 0 aromatic rings. The average Bonchev–Trinajstić information content (AvgIpc) is 1.77. The van der Waals surface area contributed by atoms with Crippen LogP contribution in [0, 0.1) is 5.92 Å². The monoisotopic (exact) mass is 111 g/mol. The fourth-order valence-corrected chi connectivity index (χ4v) is 1.06. The van der Waals surface area contributed by atoms with Crippen LogP contribution in [0.4, 0.5) is 0 Å². The Morgan fingerprint density at radius 1 is 1.75 bits per heavy atom. The summed E-state index contributed by atoms with van der Waals surface area (Å²) in [6.45, 7) is 2.19. The molecule has 0 spiro atoms. The van der Waals surface area contributed by atoms with E-state index in [-0.39, 0.29) is 0 Å². The van der Waals surface area contributed by atoms with Gasteiger partial charge >= 0.3 is 0 Å². The minimum absolute atomic E-state index is 0.642. The minimum Gasteiger partial charge on any atom is -0.402 e. The van der Waals surface area contributed by atoms with Crippen molar-refractivity contribution in [2.45, 2.75) is 26.2 Å². The zero-order valence-electron chi connectivity index (χ0n) is 5.35. The van der Waals surface area contributed by atoms with Crippen molar-refractivity contribution < 1.29 is 0 Å². The normalized spacial score (nSPS) is 29.6. The van der Waals surface area contributed by atoms with Crippen molar-refractivity contribution in [3.8, 4) is 0 Å². The molecule has 0 unspecified atom stereocenters. The van der Waals surface area contributed by atoms with E-state index in [1.807, 2.05) is 0 Å². The van der Waals surface area contributed by atoms with Gasteiger partial charge in [0.2, 0.25) is 0 Å². The van der Waals surface area contributed by atoms with Crippen molar-refractivity contribution in [1.82, 2.24) is 0 Å². The lowest BCUT2D eigenvalue weighted by atomic mass is 9.95. The standard InChI is InChI=1S/C7H13N/c1-6-4-2-3-5-7(6)8/h5-6H,2-4,8H2,1H3/t6-/m0/s1. The molecule has 0 saturated heterocycles. The van der Waals surface area contributed by atoms with Crippen LogP contribution in [0.3, 0.4) is 0 Å². The fraction of sp³-hybridized carbons (Fsp3) is 0.714. The molecule has 0 aliphatic heterocycles. The van der Waals surface area contributed by atoms with Crippen molar-refractivity contribution in [3.05, 3.63) is 11.8 Å². The van der Waals surface area contributed by atoms with Crippen LogP contribution in [0.2, 0.25) is 0 Å². The molecule has 46 valence electrons. The van der Waals surface area contributed by atoms with Gasteiger partial charge in [-0.1, -0.05) is 13.0 Å². The molecule has 1 aliphatic carbocycles. The first-order valence-electron chi connectivity index (χ1n) is 3.26. The number of hydrogen-bond donors (Lipinski definition) is 1. The Hall–Kier alpha value is -0.460. The molecular formula is C7H13N. The predicted molar refractivity (Wildman–Crippen MR) is 35.3 cm³/mol. The first-order valence-corrected chi connectivity index (χ1v) is 3.26. The maximum Gasteiger partial charge on any atom is 0.00687 e. The highest BCUT2D eigenvalue weighted by atomic mass is 14.6. The first-order chi connectivity index (χ1) is 3.80. The van der Waals surface area contributed by atoms with E-state index < -0.39 is 0 Å². The lowest BCUT2D eigenvalue weighted by Crippen LogP contribution is -2.11. The Kier molecular flexibility index (Phi) is 1.56. The predicted octanol–water partition coefficient (Wildman–Crippen LogP) is 1.65. The van der Waals surface area contributed by atoms with E-state index in [4.69, 9.17) is 5.73 Å². The second kappa shape index (κ2) is 2.21. The highest BCUT2D eigenvalue weighted by molar-refractivity contribution is 5.03. The molecule has 1 aliphatic rings. The van der Waals surface area contributed by atoms with Gasteiger partial charge in [-0.2, -0.15) is 0 Å². The summed E-state index contributed by atoms with van der Waals surface area (Å²) in [5.41, 5.74) is 6.73. The molecule has 2 N–H and O–H groups in total. The molecule has 0 heterocycles. The van der Waals surface area contributed by atoms with E-state index >= 15 is 0 Å². The third-order valence-electron chi connectivity index (χ3n) is 1.79. The van der Waals surface area contributed by atoms with Crippen LogP contribution in [-0.4, -0.2) is 0 Å². The summed E-state index contributed by atoms with van der Waals surface area (Å²) >= 11 is 0. The fourth-order valence-electron chi connectivity index (χ4n) is 1.06. The van der Waals surface area contributed by atoms with Crippen LogP contribution in [0.1, 0.15) is 26.2 Å². The van der Waals surface area contributed by atoms with E-state index in [2.05, 4.69) is 13.0 Å². The maximum absolute atomic E-state index is 5.64. The van der Waals surface area contributed by atoms with Gasteiger partial charge in [-0.05, 0) is 25.2 Å². The smallest absolute Gasteiger partial charge is 0.00687 e. The second-order valence-electron chi connectivity index (χ2n) is 2.54. The second-order valence-corrected chi connectivity index (χ2v) is 2.54. The third kappa shape index (κ3) is 1.03. The van der Waals surface area contributed by atoms with Crippen molar-refractivity contribution in [1.29, 1.82) is 0 Å². The summed E-state index contributed by atoms with van der Waals surface area (Å²) in [5.74, 6) is 0.642. The number of hydrogen-bond acceptors (Lipinski definition) is 1. The van der Waals surface area contributed by atoms with Gasteiger partial charge in [0.05, 0.1) is 0 Å². The van der Waals surface area contributed by atoms with Crippen LogP contribution < -0.4 is 5.73 Å². The molecule has 0 saturated carbocycles. The Morgan fingerprint density at radius 2 is 2.50 bits per heavy atom. The van der Waals surface area contributed by atoms with Crippen molar-refractivity contribution in [2.75, 3.05) is 0 Å². The van der Waals surface area contributed by atoms with Crippen LogP contribution in [0.25, 0.3) is 0 Å². The Bertz CT molecular complexity index is 105. The molecule has 1 nitrogen and oxygen atoms in total. The van der Waals surface area contributed by atoms with E-state index in [0.717, 1.165) is 5.70 Å². The molecule has 1 rings (SSSR count). The topological polar surface area (TPSA) is 26.0 Å². The maximum atomic E-state index is 5.64. The number of nitrogens with two attached hydrogens (primary N) is 1. The van der Waals surface area contributed by atoms with Gasteiger partial charge in [0.25, 0.3) is 0 Å². The molecule has 0 fully saturated rings. The summed E-state index contributed by atoms with van der Waals surface area (Å²) in [6, 6.07) is 0. The van der Waals surface area contributed by atoms with Crippen LogP contribution in [0.5, 0.6) is 0 Å². The summed E-state index contributed by atoms with van der Waals surface area (Å²) in [5, 5.41) is 0. The Balaban J connectivity index is 2.53. The highest BCUT2D eigenvalue weighted by Crippen LogP contribution is 2.19. The minimum atomic E-state index is 0.642. The van der Waals surface area contributed by atoms with Gasteiger partial charge in [0, 0.05) is 5.70 Å². The highest BCUT2D eigenvalue weighted by Gasteiger charge is 2.07. The Morgan fingerprint density at radius 3 is 2.88 bits per heavy atom. The van der Waals surface area contributed by atoms with Gasteiger partial charge in [-0.15, -0.1) is 0 Å². The van der Waals surface area contributed by atoms with Crippen molar-refractivity contribution >= 4 is 0 Å². The molecule has 0 bridgehead atoms. The van der Waals surface area contributed by atoms with Gasteiger partial charge in [-0.3, -0.25) is 0 Å². The lowest BCUT2D eigenvalue weighted by molar-refractivity contribution is 0.546. The molecule has 0 amide bonds. The molecule has 0 aromatic carbocycles. The van der Waals surface area contributed by atoms with E-state index in [1.54, 1.807) is 0 Å². The molecule has 1 atom stereocenters. The molecular weight excluding hydrogens is 98.1 g/mol. The number of rotatable bonds is 0. The van der Waals surface area contributed by atoms with Crippen molar-refractivity contribution in [2.24, 2.45) is 11.7 Å². The van der Waals surface area contributed by atoms with Crippen LogP contribution in [0.15, 0.2) is 11.8 Å². The molecule has 1 heteroatoms. The van der Waals surface area contributed by atoms with E-state index in [9.17, 15) is 0 Å². The summed E-state index contributed by atoms with van der Waals surface area (Å²) in [6.07, 6.45) is 5.94. The van der Waals surface area contributed by atoms with Gasteiger partial charge in [0.15, 0.2) is 0 Å². The van der Waals surface area contributed by atoms with Crippen molar-refractivity contribution in [3.63, 3.8) is 0 Å². The van der Waals surface area contributed by atoms with Crippen LogP contribution >= 0.6 is 0 Å². The summed E-state index contributed by atoms with van der Waals surface area (Å²) < 4.78 is 0. The van der Waals surface area contributed by atoms with Crippen LogP contribution in [-0.2, 0) is 0 Å². The molecule has 0 radical (unpaired) electrons. The molecule has 0 aromatic heterocycles. The average molecular weight is 111 g/mol. The lowest BCUT2D eigenvalue weighted by Gasteiger charge is -2.15. The summed E-state index contributed by atoms with van der Waals surface area (Å²) in [4.78, 5) is 0. The van der Waals surface area contributed by atoms with E-state index in [0.29, 0.717) is 5.92 Å². The zero-order valence-corrected chi connectivity index (χ0v) is 5.35. The molecule has 8 heavy (non-hydrogen) atoms. The van der Waals surface area contributed by atoms with Gasteiger partial charge in [0.1, 0.15) is 0 Å². The summed E-state index contributed by atoms with van der Waals surface area (Å²) in [7, 11) is 0. The zero-order chi connectivity index (χ0) is 5.98. The van der Waals surface area contributed by atoms with E-state index in [1.165, 1.54) is 19.3 Å². The quantitative estimate of drug-likeness (QED) is 0.505. The van der Waals surface area contributed by atoms with Gasteiger partial charge < -0.3 is 5.73 Å². The first kappa shape index (κ1) is 5.67. The number of allylic oxidation sites excluding steroid dienone is 2. The third-order valence-corrected chi connectivity index (χ3v) is 1.79. The SMILES string of the molecule is C[C@H]1CCCC=C1N.